The molecule has 1 aromatic heterocycles. The van der Waals surface area contributed by atoms with Crippen molar-refractivity contribution in [2.45, 2.75) is 38.8 Å². The Morgan fingerprint density at radius 1 is 1.38 bits per heavy atom. The molecule has 2 aromatic rings. The fourth-order valence-corrected chi connectivity index (χ4v) is 3.83. The van der Waals surface area contributed by atoms with Gasteiger partial charge in [-0.1, -0.05) is 18.2 Å². The number of amides is 2. The van der Waals surface area contributed by atoms with Gasteiger partial charge >= 0.3 is 6.03 Å². The molecule has 1 fully saturated rings. The normalized spacial score (nSPS) is 18.9. The first-order chi connectivity index (χ1) is 11.6. The van der Waals surface area contributed by atoms with Crippen LogP contribution in [0.5, 0.6) is 0 Å². The molecule has 1 aromatic carbocycles. The third-order valence-corrected chi connectivity index (χ3v) is 5.38. The molecule has 6 heteroatoms. The smallest absolute Gasteiger partial charge is 0.315 e. The molecule has 0 saturated carbocycles. The van der Waals surface area contributed by atoms with Crippen molar-refractivity contribution in [3.05, 3.63) is 46.4 Å². The largest absolute Gasteiger partial charge is 0.369 e. The number of hydrogen-bond donors (Lipinski definition) is 2. The van der Waals surface area contributed by atoms with Crippen LogP contribution in [0.15, 0.2) is 35.7 Å². The number of aryl methyl sites for hydroxylation is 1. The topological polar surface area (TPSA) is 57.3 Å². The molecule has 5 nitrogen and oxygen atoms in total. The number of aromatic nitrogens is 1. The highest BCUT2D eigenvalue weighted by molar-refractivity contribution is 7.09. The number of urea groups is 1. The molecule has 2 atom stereocenters. The van der Waals surface area contributed by atoms with Crippen LogP contribution in [0.25, 0.3) is 0 Å². The Morgan fingerprint density at radius 3 is 2.88 bits per heavy atom. The first-order valence-corrected chi connectivity index (χ1v) is 9.29. The third kappa shape index (κ3) is 4.26. The summed E-state index contributed by atoms with van der Waals surface area (Å²) in [7, 11) is 0. The minimum Gasteiger partial charge on any atom is -0.369 e. The van der Waals surface area contributed by atoms with Crippen molar-refractivity contribution in [3.63, 3.8) is 0 Å². The number of hydrogen-bond acceptors (Lipinski definition) is 4. The summed E-state index contributed by atoms with van der Waals surface area (Å²) in [6.07, 6.45) is 2.10. The Morgan fingerprint density at radius 2 is 2.17 bits per heavy atom. The number of anilines is 1. The van der Waals surface area contributed by atoms with Crippen molar-refractivity contribution in [3.8, 4) is 0 Å². The molecule has 2 N–H and O–H groups in total. The van der Waals surface area contributed by atoms with E-state index >= 15 is 0 Å². The van der Waals surface area contributed by atoms with Gasteiger partial charge < -0.3 is 15.5 Å². The predicted molar refractivity (Wildman–Crippen MR) is 98.6 cm³/mol. The fourth-order valence-electron chi connectivity index (χ4n) is 3.02. The Kier molecular flexibility index (Phi) is 5.35. The van der Waals surface area contributed by atoms with E-state index in [1.165, 1.54) is 5.69 Å². The van der Waals surface area contributed by atoms with E-state index in [1.807, 2.05) is 25.3 Å². The molecule has 0 unspecified atom stereocenters. The zero-order chi connectivity index (χ0) is 16.9. The number of piperidine rings is 1. The van der Waals surface area contributed by atoms with Gasteiger partial charge in [0.05, 0.1) is 6.04 Å². The van der Waals surface area contributed by atoms with E-state index in [0.717, 1.165) is 36.6 Å². The highest BCUT2D eigenvalue weighted by atomic mass is 32.1. The average Bonchev–Trinajstić information content (AvgIpc) is 3.02. The van der Waals surface area contributed by atoms with E-state index in [2.05, 4.69) is 44.8 Å². The molecule has 2 amide bonds. The Bertz CT molecular complexity index is 673. The molecule has 1 aliphatic heterocycles. The first kappa shape index (κ1) is 16.8. The summed E-state index contributed by atoms with van der Waals surface area (Å²) in [5.41, 5.74) is 2.21. The van der Waals surface area contributed by atoms with E-state index in [0.29, 0.717) is 0 Å². The van der Waals surface area contributed by atoms with Crippen LogP contribution in [0.4, 0.5) is 10.5 Å². The number of nitrogens with one attached hydrogen (secondary N) is 2. The fraction of sp³-hybridized carbons (Fsp3) is 0.444. The van der Waals surface area contributed by atoms with E-state index in [4.69, 9.17) is 0 Å². The molecule has 24 heavy (non-hydrogen) atoms. The molecule has 3 rings (SSSR count). The summed E-state index contributed by atoms with van der Waals surface area (Å²) in [6, 6.07) is 10.4. The lowest BCUT2D eigenvalue weighted by atomic mass is 10.1. The summed E-state index contributed by atoms with van der Waals surface area (Å²) in [5.74, 6) is 0. The van der Waals surface area contributed by atoms with Gasteiger partial charge in [0, 0.05) is 35.9 Å². The third-order valence-electron chi connectivity index (χ3n) is 4.23. The second kappa shape index (κ2) is 7.66. The van der Waals surface area contributed by atoms with Crippen molar-refractivity contribution in [1.82, 2.24) is 15.6 Å². The van der Waals surface area contributed by atoms with Gasteiger partial charge in [-0.15, -0.1) is 11.3 Å². The molecule has 2 heterocycles. The van der Waals surface area contributed by atoms with Gasteiger partial charge in [0.15, 0.2) is 0 Å². The molecule has 1 saturated heterocycles. The quantitative estimate of drug-likeness (QED) is 0.893. The van der Waals surface area contributed by atoms with Gasteiger partial charge in [-0.05, 0) is 38.8 Å². The lowest BCUT2D eigenvalue weighted by Crippen LogP contribution is -2.50. The van der Waals surface area contributed by atoms with E-state index in [-0.39, 0.29) is 18.1 Å². The molecule has 0 aliphatic carbocycles. The number of rotatable bonds is 4. The molecular formula is C18H24N4OS. The Hall–Kier alpha value is -2.08. The molecule has 0 radical (unpaired) electrons. The number of benzene rings is 1. The lowest BCUT2D eigenvalue weighted by Gasteiger charge is -2.35. The van der Waals surface area contributed by atoms with Crippen LogP contribution < -0.4 is 15.5 Å². The highest BCUT2D eigenvalue weighted by Gasteiger charge is 2.22. The summed E-state index contributed by atoms with van der Waals surface area (Å²) in [6.45, 7) is 5.82. The maximum absolute atomic E-state index is 12.3. The van der Waals surface area contributed by atoms with Gasteiger partial charge in [-0.2, -0.15) is 0 Å². The van der Waals surface area contributed by atoms with Gasteiger partial charge in [0.1, 0.15) is 5.01 Å². The first-order valence-electron chi connectivity index (χ1n) is 8.41. The highest BCUT2D eigenvalue weighted by Crippen LogP contribution is 2.20. The van der Waals surface area contributed by atoms with Crippen molar-refractivity contribution in [2.75, 3.05) is 18.0 Å². The lowest BCUT2D eigenvalue weighted by molar-refractivity contribution is 0.232. The number of thiazole rings is 1. The molecule has 0 bridgehead atoms. The summed E-state index contributed by atoms with van der Waals surface area (Å²) >= 11 is 1.58. The van der Waals surface area contributed by atoms with Crippen LogP contribution >= 0.6 is 11.3 Å². The second-order valence-corrected chi connectivity index (χ2v) is 7.18. The van der Waals surface area contributed by atoms with Crippen molar-refractivity contribution in [1.29, 1.82) is 0 Å². The molecule has 0 spiro atoms. The molecule has 128 valence electrons. The van der Waals surface area contributed by atoms with Crippen LogP contribution in [0.2, 0.25) is 0 Å². The van der Waals surface area contributed by atoms with Crippen LogP contribution in [0.1, 0.15) is 36.5 Å². The summed E-state index contributed by atoms with van der Waals surface area (Å²) < 4.78 is 0. The van der Waals surface area contributed by atoms with Gasteiger partial charge in [-0.3, -0.25) is 0 Å². The van der Waals surface area contributed by atoms with Crippen molar-refractivity contribution >= 4 is 23.1 Å². The zero-order valence-electron chi connectivity index (χ0n) is 14.2. The molecule has 1 aliphatic rings. The standard InChI is InChI=1S/C18H24N4OS/c1-13-12-24-17(19-13)14(2)20-18(23)21-15-7-6-10-22(11-15)16-8-4-3-5-9-16/h3-5,8-9,12,14-15H,6-7,10-11H2,1-2H3,(H2,20,21,23)/t14-,15-/m0/s1. The van der Waals surface area contributed by atoms with Crippen LogP contribution in [-0.4, -0.2) is 30.1 Å². The van der Waals surface area contributed by atoms with Gasteiger partial charge in [0.2, 0.25) is 0 Å². The van der Waals surface area contributed by atoms with E-state index in [9.17, 15) is 4.79 Å². The molecular weight excluding hydrogens is 320 g/mol. The maximum atomic E-state index is 12.3. The van der Waals surface area contributed by atoms with E-state index < -0.39 is 0 Å². The van der Waals surface area contributed by atoms with Crippen molar-refractivity contribution < 1.29 is 4.79 Å². The SMILES string of the molecule is Cc1csc([C@H](C)NC(=O)N[C@H]2CCCN(c3ccccc3)C2)n1. The Balaban J connectivity index is 1.52. The average molecular weight is 344 g/mol. The summed E-state index contributed by atoms with van der Waals surface area (Å²) in [5, 5.41) is 9.05. The second-order valence-electron chi connectivity index (χ2n) is 6.29. The number of nitrogens with zero attached hydrogens (tertiary/aromatic N) is 2. The monoisotopic (exact) mass is 344 g/mol. The Labute approximate surface area is 147 Å². The van der Waals surface area contributed by atoms with E-state index in [1.54, 1.807) is 11.3 Å². The summed E-state index contributed by atoms with van der Waals surface area (Å²) in [4.78, 5) is 19.0. The number of para-hydroxylation sites is 1. The van der Waals surface area contributed by atoms with Gasteiger partial charge in [0.25, 0.3) is 0 Å². The number of carbonyl (C=O) groups excluding carboxylic acids is 1. The van der Waals surface area contributed by atoms with Gasteiger partial charge in [-0.25, -0.2) is 9.78 Å². The number of carbonyl (C=O) groups is 1. The minimum absolute atomic E-state index is 0.0717. The van der Waals surface area contributed by atoms with Crippen LogP contribution in [0, 0.1) is 6.92 Å². The predicted octanol–water partition coefficient (Wildman–Crippen LogP) is 3.48. The maximum Gasteiger partial charge on any atom is 0.315 e. The van der Waals surface area contributed by atoms with Crippen LogP contribution in [0.3, 0.4) is 0 Å². The van der Waals surface area contributed by atoms with Crippen LogP contribution in [-0.2, 0) is 0 Å². The van der Waals surface area contributed by atoms with Crippen molar-refractivity contribution in [2.24, 2.45) is 0 Å². The zero-order valence-corrected chi connectivity index (χ0v) is 15.0. The minimum atomic E-state index is -0.115.